The van der Waals surface area contributed by atoms with Gasteiger partial charge in [0.1, 0.15) is 11.5 Å². The van der Waals surface area contributed by atoms with Crippen molar-refractivity contribution in [2.45, 2.75) is 47.1 Å². The second-order valence-electron chi connectivity index (χ2n) is 9.06. The van der Waals surface area contributed by atoms with E-state index in [9.17, 15) is 4.79 Å². The zero-order valence-corrected chi connectivity index (χ0v) is 23.4. The van der Waals surface area contributed by atoms with Gasteiger partial charge in [-0.3, -0.25) is 4.98 Å². The van der Waals surface area contributed by atoms with Gasteiger partial charge >= 0.3 is 5.97 Å². The first-order valence-corrected chi connectivity index (χ1v) is 13.7. The maximum Gasteiger partial charge on any atom is 0.341 e. The van der Waals surface area contributed by atoms with Crippen LogP contribution in [0, 0.1) is 0 Å². The lowest BCUT2D eigenvalue weighted by Crippen LogP contribution is -2.32. The smallest absolute Gasteiger partial charge is 0.341 e. The first-order chi connectivity index (χ1) is 18.5. The molecule has 0 atom stereocenters. The normalized spacial score (nSPS) is 13.6. The van der Waals surface area contributed by atoms with E-state index in [4.69, 9.17) is 14.2 Å². The number of ether oxygens (including phenoxy) is 3. The van der Waals surface area contributed by atoms with Crippen molar-refractivity contribution in [3.05, 3.63) is 77.1 Å². The number of pyridine rings is 1. The van der Waals surface area contributed by atoms with Crippen LogP contribution in [-0.4, -0.2) is 50.3 Å². The van der Waals surface area contributed by atoms with Gasteiger partial charge in [0.05, 0.1) is 18.8 Å². The number of benzene rings is 2. The van der Waals surface area contributed by atoms with E-state index < -0.39 is 11.6 Å². The molecule has 0 spiro atoms. The number of rotatable bonds is 12. The van der Waals surface area contributed by atoms with Crippen LogP contribution in [0.2, 0.25) is 0 Å². The molecule has 0 saturated heterocycles. The van der Waals surface area contributed by atoms with Gasteiger partial charge in [-0.15, -0.1) is 0 Å². The average Bonchev–Trinajstić information content (AvgIpc) is 3.24. The number of esters is 1. The molecule has 1 aliphatic rings. The van der Waals surface area contributed by atoms with E-state index in [1.165, 1.54) is 0 Å². The summed E-state index contributed by atoms with van der Waals surface area (Å²) in [4.78, 5) is 22.1. The molecule has 0 aliphatic carbocycles. The number of fused-ring (bicyclic) bond motifs is 1. The van der Waals surface area contributed by atoms with Crippen molar-refractivity contribution >= 4 is 17.3 Å². The van der Waals surface area contributed by atoms with Gasteiger partial charge in [0, 0.05) is 78.8 Å². The van der Waals surface area contributed by atoms with Gasteiger partial charge in [0.25, 0.3) is 0 Å². The molecule has 4 rings (SSSR count). The standard InChI is InChI=1S/C31H39N3O4/c1-7-33(8-2)22-13-15-26(28(19-22)36-11-5)31(25-17-18-32-21-24(25)30(35)38-31)27-16-14-23(34(9-3)10-4)20-29(27)37-12-6/h13-21H,7-12H2,1-6H3. The number of hydrogen-bond acceptors (Lipinski definition) is 7. The van der Waals surface area contributed by atoms with Gasteiger partial charge in [0.2, 0.25) is 0 Å². The number of hydrogen-bond donors (Lipinski definition) is 0. The summed E-state index contributed by atoms with van der Waals surface area (Å²) in [6, 6.07) is 14.2. The Morgan fingerprint density at radius 2 is 1.24 bits per heavy atom. The molecular formula is C31H39N3O4. The van der Waals surface area contributed by atoms with Gasteiger partial charge in [-0.25, -0.2) is 4.79 Å². The number of carbonyl (C=O) groups is 1. The third kappa shape index (κ3) is 4.66. The van der Waals surface area contributed by atoms with Crippen molar-refractivity contribution in [1.82, 2.24) is 4.98 Å². The SMILES string of the molecule is CCOc1cc(N(CC)CC)ccc1C1(c2ccc(N(CC)CC)cc2OCC)OC(=O)c2cnccc21. The summed E-state index contributed by atoms with van der Waals surface area (Å²) in [5.74, 6) is 0.924. The largest absolute Gasteiger partial charge is 0.493 e. The molecule has 0 N–H and O–H groups in total. The van der Waals surface area contributed by atoms with E-state index in [1.807, 2.05) is 44.2 Å². The Hall–Kier alpha value is -3.74. The van der Waals surface area contributed by atoms with Gasteiger partial charge in [-0.05, 0) is 71.9 Å². The third-order valence-electron chi connectivity index (χ3n) is 7.21. The number of aromatic nitrogens is 1. The molecule has 7 heteroatoms. The monoisotopic (exact) mass is 517 g/mol. The minimum absolute atomic E-state index is 0.418. The fourth-order valence-electron chi connectivity index (χ4n) is 5.38. The third-order valence-corrected chi connectivity index (χ3v) is 7.21. The molecule has 0 bridgehead atoms. The van der Waals surface area contributed by atoms with E-state index >= 15 is 0 Å². The second-order valence-corrected chi connectivity index (χ2v) is 9.06. The molecule has 2 heterocycles. The molecule has 7 nitrogen and oxygen atoms in total. The molecule has 0 radical (unpaired) electrons. The zero-order valence-electron chi connectivity index (χ0n) is 23.4. The molecule has 202 valence electrons. The molecule has 0 fully saturated rings. The lowest BCUT2D eigenvalue weighted by Gasteiger charge is -2.34. The molecule has 38 heavy (non-hydrogen) atoms. The molecule has 1 aromatic heterocycles. The van der Waals surface area contributed by atoms with E-state index in [2.05, 4.69) is 54.6 Å². The Labute approximate surface area is 226 Å². The first kappa shape index (κ1) is 27.3. The van der Waals surface area contributed by atoms with Crippen molar-refractivity contribution in [2.75, 3.05) is 49.2 Å². The highest BCUT2D eigenvalue weighted by atomic mass is 16.6. The van der Waals surface area contributed by atoms with Crippen LogP contribution >= 0.6 is 0 Å². The summed E-state index contributed by atoms with van der Waals surface area (Å²) in [6.07, 6.45) is 3.28. The summed E-state index contributed by atoms with van der Waals surface area (Å²) in [6.45, 7) is 16.9. The average molecular weight is 518 g/mol. The van der Waals surface area contributed by atoms with Crippen LogP contribution in [0.4, 0.5) is 11.4 Å². The Kier molecular flexibility index (Phi) is 8.45. The molecule has 0 saturated carbocycles. The van der Waals surface area contributed by atoms with Crippen LogP contribution in [0.25, 0.3) is 0 Å². The maximum atomic E-state index is 13.3. The molecule has 0 unspecified atom stereocenters. The van der Waals surface area contributed by atoms with Crippen molar-refractivity contribution in [3.8, 4) is 11.5 Å². The molecule has 3 aromatic rings. The van der Waals surface area contributed by atoms with Crippen LogP contribution < -0.4 is 19.3 Å². The molecule has 1 aliphatic heterocycles. The summed E-state index contributed by atoms with van der Waals surface area (Å²) >= 11 is 0. The van der Waals surface area contributed by atoms with Crippen molar-refractivity contribution < 1.29 is 19.0 Å². The predicted octanol–water partition coefficient (Wildman–Crippen LogP) is 6.03. The highest BCUT2D eigenvalue weighted by Gasteiger charge is 2.52. The quantitative estimate of drug-likeness (QED) is 0.272. The molecule has 2 aromatic carbocycles. The zero-order chi connectivity index (χ0) is 27.3. The lowest BCUT2D eigenvalue weighted by atomic mass is 9.79. The number of carbonyl (C=O) groups excluding carboxylic acids is 1. The predicted molar refractivity (Wildman–Crippen MR) is 152 cm³/mol. The van der Waals surface area contributed by atoms with E-state index in [0.29, 0.717) is 30.3 Å². The summed E-state index contributed by atoms with van der Waals surface area (Å²) in [5.41, 5.74) is 3.53. The Balaban J connectivity index is 2.04. The summed E-state index contributed by atoms with van der Waals surface area (Å²) in [7, 11) is 0. The number of cyclic esters (lactones) is 1. The minimum atomic E-state index is -1.26. The minimum Gasteiger partial charge on any atom is -0.493 e. The Bertz CT molecular complexity index is 1200. The van der Waals surface area contributed by atoms with Crippen LogP contribution in [0.1, 0.15) is 68.6 Å². The van der Waals surface area contributed by atoms with Gasteiger partial charge in [-0.1, -0.05) is 0 Å². The summed E-state index contributed by atoms with van der Waals surface area (Å²) in [5, 5.41) is 0. The Morgan fingerprint density at radius 3 is 1.68 bits per heavy atom. The second kappa shape index (κ2) is 11.8. The lowest BCUT2D eigenvalue weighted by molar-refractivity contribution is 0.0236. The molecule has 0 amide bonds. The van der Waals surface area contributed by atoms with Crippen molar-refractivity contribution in [2.24, 2.45) is 0 Å². The Morgan fingerprint density at radius 1 is 0.737 bits per heavy atom. The maximum absolute atomic E-state index is 13.3. The van der Waals surface area contributed by atoms with Crippen molar-refractivity contribution in [1.29, 1.82) is 0 Å². The van der Waals surface area contributed by atoms with E-state index in [1.54, 1.807) is 12.4 Å². The molecular weight excluding hydrogens is 478 g/mol. The topological polar surface area (TPSA) is 64.1 Å². The summed E-state index contributed by atoms with van der Waals surface area (Å²) < 4.78 is 18.9. The first-order valence-electron chi connectivity index (χ1n) is 13.7. The van der Waals surface area contributed by atoms with Crippen molar-refractivity contribution in [3.63, 3.8) is 0 Å². The van der Waals surface area contributed by atoms with Crippen LogP contribution in [0.3, 0.4) is 0 Å². The number of anilines is 2. The fourth-order valence-corrected chi connectivity index (χ4v) is 5.38. The van der Waals surface area contributed by atoms with Gasteiger partial charge < -0.3 is 24.0 Å². The van der Waals surface area contributed by atoms with Gasteiger partial charge in [0.15, 0.2) is 5.60 Å². The highest BCUT2D eigenvalue weighted by Crippen LogP contribution is 2.53. The van der Waals surface area contributed by atoms with Gasteiger partial charge in [-0.2, -0.15) is 0 Å². The van der Waals surface area contributed by atoms with Crippen LogP contribution in [-0.2, 0) is 10.3 Å². The van der Waals surface area contributed by atoms with E-state index in [0.717, 1.165) is 54.2 Å². The van der Waals surface area contributed by atoms with Crippen LogP contribution in [0.5, 0.6) is 11.5 Å². The fraction of sp³-hybridized carbons (Fsp3) is 0.419. The number of nitrogens with zero attached hydrogens (tertiary/aromatic N) is 3. The highest BCUT2D eigenvalue weighted by molar-refractivity contribution is 5.96. The van der Waals surface area contributed by atoms with Crippen LogP contribution in [0.15, 0.2) is 54.9 Å². The van der Waals surface area contributed by atoms with E-state index in [-0.39, 0.29) is 0 Å².